The van der Waals surface area contributed by atoms with E-state index < -0.39 is 0 Å². The zero-order chi connectivity index (χ0) is 19.7. The standard InChI is InChI=1S/C18H16S10/c1-19-15-16(20-2)26-13(25-15)7-9-5-11-12(23-9)6-10(24-11)8-14-27-17(21-3)18(22-4)28-14/h5-8H,1-4H3/p+2. The van der Waals surface area contributed by atoms with Crippen LogP contribution in [0.25, 0.3) is 21.6 Å². The van der Waals surface area contributed by atoms with Crippen LogP contribution in [0.3, 0.4) is 0 Å². The fraction of sp³-hybridized carbons (Fsp3) is 0.222. The Morgan fingerprint density at radius 1 is 0.714 bits per heavy atom. The number of hydrogen-bond donors (Lipinski definition) is 0. The molecular formula is C18H18S10+2. The van der Waals surface area contributed by atoms with Gasteiger partial charge >= 0.3 is 0 Å². The van der Waals surface area contributed by atoms with Crippen molar-refractivity contribution >= 4 is 138 Å². The van der Waals surface area contributed by atoms with E-state index in [-0.39, 0.29) is 0 Å². The van der Waals surface area contributed by atoms with Gasteiger partial charge in [-0.2, -0.15) is 0 Å². The van der Waals surface area contributed by atoms with Gasteiger partial charge in [-0.25, -0.2) is 0 Å². The number of hydrogen-bond acceptors (Lipinski definition) is 8. The average molecular weight is 555 g/mol. The molecule has 0 saturated heterocycles. The molecule has 0 N–H and O–H groups in total. The first-order chi connectivity index (χ1) is 13.6. The predicted octanol–water partition coefficient (Wildman–Crippen LogP) is 8.39. The Morgan fingerprint density at radius 2 is 1.14 bits per heavy atom. The van der Waals surface area contributed by atoms with Crippen LogP contribution in [0.4, 0.5) is 0 Å². The van der Waals surface area contributed by atoms with Gasteiger partial charge in [-0.15, -0.1) is 46.2 Å². The molecule has 0 radical (unpaired) electrons. The van der Waals surface area contributed by atoms with Crippen LogP contribution in [-0.2, 0) is 23.5 Å². The van der Waals surface area contributed by atoms with Crippen molar-refractivity contribution in [3.8, 4) is 0 Å². The van der Waals surface area contributed by atoms with E-state index in [9.17, 15) is 0 Å². The van der Waals surface area contributed by atoms with Crippen LogP contribution in [0.2, 0.25) is 0 Å². The summed E-state index contributed by atoms with van der Waals surface area (Å²) in [7, 11) is 0. The van der Waals surface area contributed by atoms with Crippen molar-refractivity contribution in [2.24, 2.45) is 0 Å². The molecule has 2 aromatic rings. The molecule has 0 saturated carbocycles. The lowest BCUT2D eigenvalue weighted by Crippen LogP contribution is -1.74. The van der Waals surface area contributed by atoms with Crippen LogP contribution < -0.4 is 0 Å². The first-order valence-corrected chi connectivity index (χ1v) is 18.1. The average Bonchev–Trinajstić information content (AvgIpc) is 3.43. The topological polar surface area (TPSA) is 0 Å². The van der Waals surface area contributed by atoms with E-state index in [2.05, 4.69) is 49.3 Å². The van der Waals surface area contributed by atoms with Crippen molar-refractivity contribution in [1.82, 2.24) is 0 Å². The first kappa shape index (κ1) is 22.6. The molecular weight excluding hydrogens is 537 g/mol. The highest BCUT2D eigenvalue weighted by Crippen LogP contribution is 2.55. The third kappa shape index (κ3) is 5.07. The molecule has 4 rings (SSSR count). The molecule has 0 amide bonds. The Hall–Kier alpha value is 1.42. The Bertz CT molecular complexity index is 871. The third-order valence-corrected chi connectivity index (χ3v) is 16.4. The van der Waals surface area contributed by atoms with E-state index in [1.54, 1.807) is 0 Å². The quantitative estimate of drug-likeness (QED) is 0.258. The van der Waals surface area contributed by atoms with Gasteiger partial charge in [-0.05, 0) is 60.3 Å². The number of thiophene rings is 2. The summed E-state index contributed by atoms with van der Waals surface area (Å²) in [5.41, 5.74) is 0. The molecule has 0 aromatic carbocycles. The molecule has 0 nitrogen and oxygen atoms in total. The summed E-state index contributed by atoms with van der Waals surface area (Å²) in [6.07, 6.45) is 13.5. The van der Waals surface area contributed by atoms with Crippen molar-refractivity contribution in [3.05, 3.63) is 47.3 Å². The zero-order valence-corrected chi connectivity index (χ0v) is 23.8. The third-order valence-electron chi connectivity index (χ3n) is 3.67. The summed E-state index contributed by atoms with van der Waals surface area (Å²) >= 11 is 18.0. The van der Waals surface area contributed by atoms with Crippen LogP contribution in [0.1, 0.15) is 9.75 Å². The Morgan fingerprint density at radius 3 is 1.46 bits per heavy atom. The second-order valence-electron chi connectivity index (χ2n) is 5.40. The lowest BCUT2D eigenvalue weighted by molar-refractivity contribution is 2.08. The summed E-state index contributed by atoms with van der Waals surface area (Å²) in [6, 6.07) is 4.72. The smallest absolute Gasteiger partial charge is 0.135 e. The lowest BCUT2D eigenvalue weighted by atomic mass is 10.4. The molecule has 28 heavy (non-hydrogen) atoms. The molecule has 2 aromatic heterocycles. The van der Waals surface area contributed by atoms with Gasteiger partial charge in [-0.1, -0.05) is 23.5 Å². The van der Waals surface area contributed by atoms with Gasteiger partial charge < -0.3 is 0 Å². The Labute approximate surface area is 208 Å². The minimum atomic E-state index is 1.37. The van der Waals surface area contributed by atoms with E-state index in [4.69, 9.17) is 0 Å². The second kappa shape index (κ2) is 10.4. The minimum absolute atomic E-state index is 1.37. The maximum absolute atomic E-state index is 2.36. The molecule has 0 aliphatic carbocycles. The van der Waals surface area contributed by atoms with Gasteiger partial charge in [0.05, 0.1) is 8.47 Å². The molecule has 10 heteroatoms. The molecule has 148 valence electrons. The maximum atomic E-state index is 2.36. The van der Waals surface area contributed by atoms with Crippen LogP contribution in [0.15, 0.2) is 37.6 Å². The van der Waals surface area contributed by atoms with Gasteiger partial charge in [0.2, 0.25) is 8.47 Å². The highest BCUT2D eigenvalue weighted by atomic mass is 32.3. The number of thiol groups is 2. The van der Waals surface area contributed by atoms with Crippen LogP contribution in [-0.4, -0.2) is 25.0 Å². The monoisotopic (exact) mass is 554 g/mol. The van der Waals surface area contributed by atoms with Crippen molar-refractivity contribution in [1.29, 1.82) is 0 Å². The molecule has 2 aliphatic heterocycles. The summed E-state index contributed by atoms with van der Waals surface area (Å²) < 4.78 is 11.5. The second-order valence-corrected chi connectivity index (χ2v) is 16.9. The predicted molar refractivity (Wildman–Crippen MR) is 156 cm³/mol. The molecule has 0 atom stereocenters. The highest BCUT2D eigenvalue weighted by Gasteiger charge is 2.26. The van der Waals surface area contributed by atoms with E-state index >= 15 is 0 Å². The van der Waals surface area contributed by atoms with Gasteiger partial charge in [0.15, 0.2) is 0 Å². The Balaban J connectivity index is 1.49. The first-order valence-electron chi connectivity index (χ1n) is 8.08. The largest absolute Gasteiger partial charge is 0.211 e. The summed E-state index contributed by atoms with van der Waals surface area (Å²) in [5, 5.41) is 0. The molecule has 0 spiro atoms. The van der Waals surface area contributed by atoms with Gasteiger partial charge in [-0.3, -0.25) is 0 Å². The molecule has 0 fully saturated rings. The number of rotatable bonds is 6. The molecule has 2 aliphatic rings. The van der Waals surface area contributed by atoms with Crippen LogP contribution in [0, 0.1) is 0 Å². The fourth-order valence-electron chi connectivity index (χ4n) is 2.48. The summed E-state index contributed by atoms with van der Waals surface area (Å²) in [6.45, 7) is 0. The van der Waals surface area contributed by atoms with E-state index in [0.717, 1.165) is 0 Å². The van der Waals surface area contributed by atoms with E-state index in [1.165, 1.54) is 68.1 Å². The lowest BCUT2D eigenvalue weighted by Gasteiger charge is -1.94. The van der Waals surface area contributed by atoms with Gasteiger partial charge in [0.1, 0.15) is 21.0 Å². The van der Waals surface area contributed by atoms with Crippen molar-refractivity contribution in [3.63, 3.8) is 0 Å². The van der Waals surface area contributed by atoms with Crippen molar-refractivity contribution < 1.29 is 0 Å². The van der Waals surface area contributed by atoms with E-state index in [0.29, 0.717) is 0 Å². The van der Waals surface area contributed by atoms with Gasteiger partial charge in [0.25, 0.3) is 0 Å². The highest BCUT2D eigenvalue weighted by molar-refractivity contribution is 8.39. The molecule has 0 unspecified atom stereocenters. The Kier molecular flexibility index (Phi) is 8.36. The van der Waals surface area contributed by atoms with Crippen LogP contribution >= 0.6 is 93.2 Å². The van der Waals surface area contributed by atoms with Crippen molar-refractivity contribution in [2.45, 2.75) is 0 Å². The minimum Gasteiger partial charge on any atom is -0.135 e. The SMILES string of the molecule is CSC1=C([SH+]C)SC(=Cc2cc3sc(C=C4SC(SC)=C([SH+]C)S4)cc3s2)S1. The summed E-state index contributed by atoms with van der Waals surface area (Å²) in [4.78, 5) is 2.74. The van der Waals surface area contributed by atoms with E-state index in [1.807, 2.05) is 93.2 Å². The number of fused-ring (bicyclic) bond motifs is 1. The normalized spacial score (nSPS) is 20.7. The maximum Gasteiger partial charge on any atom is 0.211 e. The van der Waals surface area contributed by atoms with Crippen LogP contribution in [0.5, 0.6) is 0 Å². The van der Waals surface area contributed by atoms with Gasteiger partial charge in [0, 0.05) is 42.7 Å². The molecule has 0 bridgehead atoms. The van der Waals surface area contributed by atoms with Crippen molar-refractivity contribution in [2.75, 3.05) is 25.0 Å². The number of thioether (sulfide) groups is 6. The fourth-order valence-corrected chi connectivity index (χ4v) is 15.3. The molecule has 4 heterocycles. The zero-order valence-electron chi connectivity index (χ0n) is 15.5. The summed E-state index contributed by atoms with van der Waals surface area (Å²) in [5.74, 6) is 0.